The summed E-state index contributed by atoms with van der Waals surface area (Å²) in [5, 5.41) is 0.500. The highest BCUT2D eigenvalue weighted by molar-refractivity contribution is 6.30. The van der Waals surface area contributed by atoms with Crippen molar-refractivity contribution in [2.45, 2.75) is 33.1 Å². The Bertz CT molecular complexity index is 877. The highest BCUT2D eigenvalue weighted by atomic mass is 35.5. The fraction of sp³-hybridized carbons (Fsp3) is 0.421. The fourth-order valence-electron chi connectivity index (χ4n) is 3.04. The number of benzene rings is 1. The first-order chi connectivity index (χ1) is 13.0. The molecule has 2 aromatic rings. The lowest BCUT2D eigenvalue weighted by atomic mass is 10.1. The van der Waals surface area contributed by atoms with Crippen LogP contribution in [0.3, 0.4) is 0 Å². The molecule has 2 heterocycles. The number of ether oxygens (including phenoxy) is 2. The zero-order chi connectivity index (χ0) is 19.4. The van der Waals surface area contributed by atoms with Crippen molar-refractivity contribution < 1.29 is 14.3 Å². The molecule has 0 bridgehead atoms. The number of carbonyl (C=O) groups excluding carboxylic acids is 1. The molecule has 0 saturated carbocycles. The van der Waals surface area contributed by atoms with Crippen LogP contribution < -0.4 is 5.56 Å². The molecule has 1 aromatic carbocycles. The van der Waals surface area contributed by atoms with E-state index >= 15 is 0 Å². The van der Waals surface area contributed by atoms with Gasteiger partial charge in [-0.3, -0.25) is 9.59 Å². The Morgan fingerprint density at radius 2 is 2.07 bits per heavy atom. The predicted molar refractivity (Wildman–Crippen MR) is 101 cm³/mol. The number of halogens is 1. The average Bonchev–Trinajstić information content (AvgIpc) is 2.67. The third-order valence-corrected chi connectivity index (χ3v) is 4.54. The van der Waals surface area contributed by atoms with E-state index in [0.29, 0.717) is 53.8 Å². The minimum absolute atomic E-state index is 0.159. The first-order valence-corrected chi connectivity index (χ1v) is 9.31. The number of amides is 1. The second kappa shape index (κ2) is 8.65. The normalized spacial score (nSPS) is 13.7. The van der Waals surface area contributed by atoms with Gasteiger partial charge in [0.2, 0.25) is 6.29 Å². The third-order valence-electron chi connectivity index (χ3n) is 4.31. The molecule has 1 aliphatic heterocycles. The second-order valence-corrected chi connectivity index (χ2v) is 6.54. The van der Waals surface area contributed by atoms with Crippen molar-refractivity contribution in [3.63, 3.8) is 0 Å². The molecule has 1 N–H and O–H groups in total. The Hall–Kier alpha value is -2.22. The van der Waals surface area contributed by atoms with Gasteiger partial charge in [-0.1, -0.05) is 17.7 Å². The van der Waals surface area contributed by atoms with Crippen LogP contribution in [0, 0.1) is 0 Å². The van der Waals surface area contributed by atoms with Gasteiger partial charge in [-0.05, 0) is 32.0 Å². The number of fused-ring (bicyclic) bond motifs is 1. The van der Waals surface area contributed by atoms with Crippen molar-refractivity contribution in [1.82, 2.24) is 14.9 Å². The maximum absolute atomic E-state index is 12.7. The van der Waals surface area contributed by atoms with Gasteiger partial charge < -0.3 is 19.4 Å². The van der Waals surface area contributed by atoms with E-state index in [2.05, 4.69) is 9.97 Å². The van der Waals surface area contributed by atoms with Gasteiger partial charge in [0.25, 0.3) is 11.5 Å². The zero-order valence-corrected chi connectivity index (χ0v) is 16.1. The summed E-state index contributed by atoms with van der Waals surface area (Å²) < 4.78 is 11.0. The van der Waals surface area contributed by atoms with Crippen LogP contribution in [0.15, 0.2) is 29.1 Å². The third kappa shape index (κ3) is 4.37. The molecule has 0 fully saturated rings. The van der Waals surface area contributed by atoms with Crippen LogP contribution >= 0.6 is 11.6 Å². The average molecular weight is 392 g/mol. The standard InChI is InChI=1S/C19H22ClN3O4/c1-3-26-19(27-4-2)16-21-15-8-9-23(11-14(15)17(24)22-16)18(25)12-6-5-7-13(20)10-12/h5-7,10,19H,3-4,8-9,11H2,1-2H3,(H,21,22,24). The van der Waals surface area contributed by atoms with Crippen LogP contribution in [0.2, 0.25) is 5.02 Å². The van der Waals surface area contributed by atoms with Crippen molar-refractivity contribution in [2.75, 3.05) is 19.8 Å². The van der Waals surface area contributed by atoms with Gasteiger partial charge in [0.15, 0.2) is 5.82 Å². The predicted octanol–water partition coefficient (Wildman–Crippen LogP) is 2.69. The number of aromatic nitrogens is 2. The number of nitrogens with zero attached hydrogens (tertiary/aromatic N) is 2. The van der Waals surface area contributed by atoms with Gasteiger partial charge in [-0.2, -0.15) is 0 Å². The molecular formula is C19H22ClN3O4. The molecule has 0 unspecified atom stereocenters. The molecule has 0 aliphatic carbocycles. The molecule has 0 radical (unpaired) electrons. The Labute approximate surface area is 162 Å². The van der Waals surface area contributed by atoms with Crippen molar-refractivity contribution in [1.29, 1.82) is 0 Å². The van der Waals surface area contributed by atoms with Crippen molar-refractivity contribution in [3.05, 3.63) is 62.3 Å². The van der Waals surface area contributed by atoms with Crippen molar-refractivity contribution in [2.24, 2.45) is 0 Å². The van der Waals surface area contributed by atoms with Gasteiger partial charge in [0.05, 0.1) is 17.8 Å². The number of carbonyl (C=O) groups is 1. The van der Waals surface area contributed by atoms with Gasteiger partial charge >= 0.3 is 0 Å². The summed E-state index contributed by atoms with van der Waals surface area (Å²) >= 11 is 5.97. The summed E-state index contributed by atoms with van der Waals surface area (Å²) in [6.07, 6.45) is -0.215. The lowest BCUT2D eigenvalue weighted by Gasteiger charge is -2.28. The molecule has 8 heteroatoms. The molecule has 1 amide bonds. The first-order valence-electron chi connectivity index (χ1n) is 8.93. The molecule has 27 heavy (non-hydrogen) atoms. The Balaban J connectivity index is 1.84. The lowest BCUT2D eigenvalue weighted by molar-refractivity contribution is -0.145. The molecule has 1 aromatic heterocycles. The quantitative estimate of drug-likeness (QED) is 0.765. The van der Waals surface area contributed by atoms with Gasteiger partial charge in [0.1, 0.15) is 0 Å². The summed E-state index contributed by atoms with van der Waals surface area (Å²) in [6.45, 7) is 5.25. The van der Waals surface area contributed by atoms with E-state index < -0.39 is 6.29 Å². The summed E-state index contributed by atoms with van der Waals surface area (Å²) in [5.74, 6) is 0.199. The molecule has 144 valence electrons. The van der Waals surface area contributed by atoms with Crippen LogP contribution in [0.5, 0.6) is 0 Å². The number of rotatable bonds is 6. The summed E-state index contributed by atoms with van der Waals surface area (Å²) in [6, 6.07) is 6.78. The summed E-state index contributed by atoms with van der Waals surface area (Å²) in [5.41, 5.74) is 1.39. The Morgan fingerprint density at radius 3 is 2.74 bits per heavy atom. The summed E-state index contributed by atoms with van der Waals surface area (Å²) in [7, 11) is 0. The lowest BCUT2D eigenvalue weighted by Crippen LogP contribution is -2.40. The van der Waals surface area contributed by atoms with Crippen molar-refractivity contribution >= 4 is 17.5 Å². The van der Waals surface area contributed by atoms with Crippen LogP contribution in [0.1, 0.15) is 47.6 Å². The summed E-state index contributed by atoms with van der Waals surface area (Å²) in [4.78, 5) is 34.2. The highest BCUT2D eigenvalue weighted by Gasteiger charge is 2.27. The van der Waals surface area contributed by atoms with Gasteiger partial charge in [-0.15, -0.1) is 0 Å². The van der Waals surface area contributed by atoms with Crippen LogP contribution in [0.25, 0.3) is 0 Å². The SMILES string of the molecule is CCOC(OCC)c1nc2c(c(=O)[nH]1)CN(C(=O)c1cccc(Cl)c1)CC2. The topological polar surface area (TPSA) is 84.5 Å². The fourth-order valence-corrected chi connectivity index (χ4v) is 3.23. The smallest absolute Gasteiger partial charge is 0.256 e. The molecule has 7 nitrogen and oxygen atoms in total. The number of H-pyrrole nitrogens is 1. The number of hydrogen-bond acceptors (Lipinski definition) is 5. The van der Waals surface area contributed by atoms with Gasteiger partial charge in [0, 0.05) is 36.8 Å². The molecular weight excluding hydrogens is 370 g/mol. The largest absolute Gasteiger partial charge is 0.346 e. The van der Waals surface area contributed by atoms with E-state index in [1.807, 2.05) is 13.8 Å². The van der Waals surface area contributed by atoms with Crippen molar-refractivity contribution in [3.8, 4) is 0 Å². The Kier molecular flexibility index (Phi) is 6.26. The van der Waals surface area contributed by atoms with E-state index in [9.17, 15) is 9.59 Å². The van der Waals surface area contributed by atoms with E-state index in [0.717, 1.165) is 0 Å². The number of hydrogen-bond donors (Lipinski definition) is 1. The van der Waals surface area contributed by atoms with Crippen LogP contribution in [-0.2, 0) is 22.4 Å². The monoisotopic (exact) mass is 391 g/mol. The highest BCUT2D eigenvalue weighted by Crippen LogP contribution is 2.21. The van der Waals surface area contributed by atoms with Crippen LogP contribution in [-0.4, -0.2) is 40.5 Å². The van der Waals surface area contributed by atoms with E-state index in [-0.39, 0.29) is 18.0 Å². The molecule has 1 aliphatic rings. The zero-order valence-electron chi connectivity index (χ0n) is 15.3. The van der Waals surface area contributed by atoms with E-state index in [4.69, 9.17) is 21.1 Å². The Morgan fingerprint density at radius 1 is 1.33 bits per heavy atom. The van der Waals surface area contributed by atoms with Gasteiger partial charge in [-0.25, -0.2) is 4.98 Å². The maximum atomic E-state index is 12.7. The van der Waals surface area contributed by atoms with Crippen LogP contribution in [0.4, 0.5) is 0 Å². The molecule has 0 saturated heterocycles. The molecule has 0 atom stereocenters. The van der Waals surface area contributed by atoms with E-state index in [1.54, 1.807) is 29.2 Å². The number of nitrogens with one attached hydrogen (secondary N) is 1. The second-order valence-electron chi connectivity index (χ2n) is 6.11. The number of aromatic amines is 1. The first kappa shape index (κ1) is 19.5. The molecule has 0 spiro atoms. The minimum atomic E-state index is -0.705. The minimum Gasteiger partial charge on any atom is -0.346 e. The van der Waals surface area contributed by atoms with E-state index in [1.165, 1.54) is 0 Å². The maximum Gasteiger partial charge on any atom is 0.256 e. The molecule has 3 rings (SSSR count).